The standard InChI is InChI=1S/C28H34N4O3/c1-20-17-23(21(2)32(20)25-7-9-26(35-3)10-8-25)18-24(19-29)28(34)31-15-11-22(12-16-31)27(33)30-13-5-4-6-14-30/h7-10,17-18,22H,4-6,11-16H2,1-3H3/b24-18-. The number of hydrogen-bond acceptors (Lipinski definition) is 4. The van der Waals surface area contributed by atoms with E-state index in [1.165, 1.54) is 6.42 Å². The van der Waals surface area contributed by atoms with Crippen molar-refractivity contribution in [2.75, 3.05) is 33.3 Å². The van der Waals surface area contributed by atoms with Gasteiger partial charge in [-0.15, -0.1) is 0 Å². The number of piperidine rings is 2. The second-order valence-corrected chi connectivity index (χ2v) is 9.48. The van der Waals surface area contributed by atoms with Gasteiger partial charge in [0.05, 0.1) is 7.11 Å². The molecule has 184 valence electrons. The van der Waals surface area contributed by atoms with Gasteiger partial charge in [-0.1, -0.05) is 0 Å². The van der Waals surface area contributed by atoms with Crippen LogP contribution in [0.1, 0.15) is 49.1 Å². The Morgan fingerprint density at radius 3 is 2.26 bits per heavy atom. The number of aryl methyl sites for hydroxylation is 1. The molecule has 35 heavy (non-hydrogen) atoms. The lowest BCUT2D eigenvalue weighted by Crippen LogP contribution is -2.46. The van der Waals surface area contributed by atoms with Crippen LogP contribution in [-0.4, -0.2) is 59.5 Å². The topological polar surface area (TPSA) is 78.6 Å². The first-order valence-corrected chi connectivity index (χ1v) is 12.5. The average Bonchev–Trinajstić information content (AvgIpc) is 3.19. The van der Waals surface area contributed by atoms with Crippen LogP contribution >= 0.6 is 0 Å². The first kappa shape index (κ1) is 24.6. The first-order valence-electron chi connectivity index (χ1n) is 12.5. The van der Waals surface area contributed by atoms with Gasteiger partial charge in [0.2, 0.25) is 5.91 Å². The zero-order valence-electron chi connectivity index (χ0n) is 20.9. The number of amides is 2. The van der Waals surface area contributed by atoms with E-state index in [2.05, 4.69) is 10.6 Å². The van der Waals surface area contributed by atoms with Gasteiger partial charge in [0.15, 0.2) is 0 Å². The molecule has 2 saturated heterocycles. The molecule has 7 heteroatoms. The SMILES string of the molecule is COc1ccc(-n2c(C)cc(/C=C(/C#N)C(=O)N3CCC(C(=O)N4CCCCC4)CC3)c2C)cc1. The van der Waals surface area contributed by atoms with Crippen LogP contribution in [0.3, 0.4) is 0 Å². The Morgan fingerprint density at radius 1 is 1.00 bits per heavy atom. The molecular formula is C28H34N4O3. The van der Waals surface area contributed by atoms with Gasteiger partial charge in [0.25, 0.3) is 5.91 Å². The van der Waals surface area contributed by atoms with Crippen LogP contribution in [0, 0.1) is 31.1 Å². The predicted octanol–water partition coefficient (Wildman–Crippen LogP) is 4.26. The van der Waals surface area contributed by atoms with E-state index in [0.717, 1.165) is 54.3 Å². The number of carbonyl (C=O) groups excluding carboxylic acids is 2. The largest absolute Gasteiger partial charge is 0.497 e. The second-order valence-electron chi connectivity index (χ2n) is 9.48. The third kappa shape index (κ3) is 5.27. The third-order valence-corrected chi connectivity index (χ3v) is 7.25. The number of methoxy groups -OCH3 is 1. The molecule has 0 bridgehead atoms. The molecule has 0 spiro atoms. The molecule has 2 amide bonds. The number of likely N-dealkylation sites (tertiary alicyclic amines) is 2. The summed E-state index contributed by atoms with van der Waals surface area (Å²) in [6.45, 7) is 6.72. The molecule has 1 aromatic heterocycles. The highest BCUT2D eigenvalue weighted by Crippen LogP contribution is 2.26. The predicted molar refractivity (Wildman–Crippen MR) is 135 cm³/mol. The Morgan fingerprint density at radius 2 is 1.66 bits per heavy atom. The summed E-state index contributed by atoms with van der Waals surface area (Å²) in [6, 6.07) is 11.9. The van der Waals surface area contributed by atoms with Crippen LogP contribution in [0.2, 0.25) is 0 Å². The minimum atomic E-state index is -0.259. The maximum Gasteiger partial charge on any atom is 0.264 e. The van der Waals surface area contributed by atoms with Crippen molar-refractivity contribution in [2.45, 2.75) is 46.0 Å². The van der Waals surface area contributed by atoms with Crippen molar-refractivity contribution in [1.82, 2.24) is 14.4 Å². The fourth-order valence-corrected chi connectivity index (χ4v) is 5.23. The lowest BCUT2D eigenvalue weighted by atomic mass is 9.94. The van der Waals surface area contributed by atoms with E-state index < -0.39 is 0 Å². The number of nitriles is 1. The number of ether oxygens (including phenoxy) is 1. The molecule has 1 aromatic carbocycles. The summed E-state index contributed by atoms with van der Waals surface area (Å²) in [5.41, 5.74) is 3.93. The van der Waals surface area contributed by atoms with Crippen LogP contribution < -0.4 is 4.74 Å². The van der Waals surface area contributed by atoms with Gasteiger partial charge < -0.3 is 19.1 Å². The smallest absolute Gasteiger partial charge is 0.264 e. The normalized spacial score (nSPS) is 17.3. The van der Waals surface area contributed by atoms with Gasteiger partial charge in [0.1, 0.15) is 17.4 Å². The molecule has 3 heterocycles. The van der Waals surface area contributed by atoms with Crippen molar-refractivity contribution in [1.29, 1.82) is 5.26 Å². The van der Waals surface area contributed by atoms with Crippen LogP contribution in [-0.2, 0) is 9.59 Å². The number of aromatic nitrogens is 1. The molecule has 0 aliphatic carbocycles. The van der Waals surface area contributed by atoms with Crippen LogP contribution in [0.5, 0.6) is 5.75 Å². The molecule has 2 aromatic rings. The van der Waals surface area contributed by atoms with Gasteiger partial charge in [-0.3, -0.25) is 9.59 Å². The first-order chi connectivity index (χ1) is 16.9. The van der Waals surface area contributed by atoms with Gasteiger partial charge >= 0.3 is 0 Å². The molecule has 2 fully saturated rings. The molecule has 0 radical (unpaired) electrons. The lowest BCUT2D eigenvalue weighted by Gasteiger charge is -2.35. The molecule has 2 aliphatic heterocycles. The highest BCUT2D eigenvalue weighted by atomic mass is 16.5. The lowest BCUT2D eigenvalue weighted by molar-refractivity contribution is -0.140. The summed E-state index contributed by atoms with van der Waals surface area (Å²) >= 11 is 0. The summed E-state index contributed by atoms with van der Waals surface area (Å²) in [5, 5.41) is 9.79. The number of hydrogen-bond donors (Lipinski definition) is 0. The minimum Gasteiger partial charge on any atom is -0.497 e. The fourth-order valence-electron chi connectivity index (χ4n) is 5.23. The summed E-state index contributed by atoms with van der Waals surface area (Å²) in [7, 11) is 1.64. The molecule has 0 unspecified atom stereocenters. The molecule has 0 N–H and O–H groups in total. The van der Waals surface area contributed by atoms with Crippen molar-refractivity contribution in [3.05, 3.63) is 52.9 Å². The molecule has 0 atom stereocenters. The van der Waals surface area contributed by atoms with Gasteiger partial charge in [-0.05, 0) is 87.9 Å². The maximum atomic E-state index is 13.2. The van der Waals surface area contributed by atoms with Gasteiger partial charge in [-0.2, -0.15) is 5.26 Å². The summed E-state index contributed by atoms with van der Waals surface area (Å²) in [4.78, 5) is 29.7. The number of rotatable bonds is 5. The molecular weight excluding hydrogens is 440 g/mol. The van der Waals surface area contributed by atoms with E-state index in [1.807, 2.05) is 49.1 Å². The van der Waals surface area contributed by atoms with Crippen molar-refractivity contribution in [2.24, 2.45) is 5.92 Å². The summed E-state index contributed by atoms with van der Waals surface area (Å²) in [6.07, 6.45) is 6.37. The van der Waals surface area contributed by atoms with E-state index in [1.54, 1.807) is 18.1 Å². The highest BCUT2D eigenvalue weighted by molar-refractivity contribution is 6.02. The van der Waals surface area contributed by atoms with E-state index in [4.69, 9.17) is 4.74 Å². The van der Waals surface area contributed by atoms with Crippen molar-refractivity contribution >= 4 is 17.9 Å². The Balaban J connectivity index is 1.46. The Hall–Kier alpha value is -3.53. The highest BCUT2D eigenvalue weighted by Gasteiger charge is 2.31. The van der Waals surface area contributed by atoms with E-state index in [-0.39, 0.29) is 23.3 Å². The minimum absolute atomic E-state index is 0.0184. The van der Waals surface area contributed by atoms with Crippen LogP contribution in [0.25, 0.3) is 11.8 Å². The quantitative estimate of drug-likeness (QED) is 0.479. The summed E-state index contributed by atoms with van der Waals surface area (Å²) in [5.74, 6) is 0.745. The molecule has 7 nitrogen and oxygen atoms in total. The Kier molecular flexibility index (Phi) is 7.60. The van der Waals surface area contributed by atoms with Crippen LogP contribution in [0.15, 0.2) is 35.9 Å². The van der Waals surface area contributed by atoms with Gasteiger partial charge in [-0.25, -0.2) is 0 Å². The van der Waals surface area contributed by atoms with Crippen molar-refractivity contribution in [3.63, 3.8) is 0 Å². The van der Waals surface area contributed by atoms with Crippen molar-refractivity contribution in [3.8, 4) is 17.5 Å². The fraction of sp³-hybridized carbons (Fsp3) is 0.464. The monoisotopic (exact) mass is 474 g/mol. The van der Waals surface area contributed by atoms with E-state index in [9.17, 15) is 14.9 Å². The van der Waals surface area contributed by atoms with E-state index in [0.29, 0.717) is 25.9 Å². The number of benzene rings is 1. The number of nitrogens with zero attached hydrogens (tertiary/aromatic N) is 4. The van der Waals surface area contributed by atoms with E-state index >= 15 is 0 Å². The summed E-state index contributed by atoms with van der Waals surface area (Å²) < 4.78 is 7.35. The Bertz CT molecular complexity index is 1140. The number of carbonyl (C=O) groups is 2. The molecule has 0 saturated carbocycles. The van der Waals surface area contributed by atoms with Gasteiger partial charge in [0, 0.05) is 49.2 Å². The van der Waals surface area contributed by atoms with Crippen LogP contribution in [0.4, 0.5) is 0 Å². The third-order valence-electron chi connectivity index (χ3n) is 7.25. The Labute approximate surface area is 207 Å². The molecule has 2 aliphatic rings. The average molecular weight is 475 g/mol. The van der Waals surface area contributed by atoms with Crippen molar-refractivity contribution < 1.29 is 14.3 Å². The zero-order valence-corrected chi connectivity index (χ0v) is 20.9. The second kappa shape index (κ2) is 10.8. The maximum absolute atomic E-state index is 13.2. The zero-order chi connectivity index (χ0) is 24.9. The molecule has 4 rings (SSSR count).